The van der Waals surface area contributed by atoms with Crippen LogP contribution in [0.4, 0.5) is 0 Å². The van der Waals surface area contributed by atoms with Gasteiger partial charge in [0.1, 0.15) is 0 Å². The van der Waals surface area contributed by atoms with Crippen molar-refractivity contribution in [2.45, 2.75) is 33.1 Å². The van der Waals surface area contributed by atoms with Crippen molar-refractivity contribution in [2.75, 3.05) is 46.1 Å². The average molecular weight is 387 g/mol. The molecule has 2 rings (SSSR count). The van der Waals surface area contributed by atoms with Crippen molar-refractivity contribution >= 4 is 16.9 Å². The van der Waals surface area contributed by atoms with Gasteiger partial charge in [0.15, 0.2) is 5.96 Å². The molecule has 0 saturated carbocycles. The zero-order valence-corrected chi connectivity index (χ0v) is 17.2. The summed E-state index contributed by atoms with van der Waals surface area (Å²) in [5.74, 6) is 0.818. The van der Waals surface area contributed by atoms with Crippen LogP contribution in [0.1, 0.15) is 32.3 Å². The first kappa shape index (κ1) is 22.1. The summed E-state index contributed by atoms with van der Waals surface area (Å²) in [6, 6.07) is 10.4. The summed E-state index contributed by atoms with van der Waals surface area (Å²) in [5.41, 5.74) is 2.32. The van der Waals surface area contributed by atoms with Crippen molar-refractivity contribution in [2.24, 2.45) is 4.99 Å². The van der Waals surface area contributed by atoms with E-state index in [0.29, 0.717) is 26.4 Å². The van der Waals surface area contributed by atoms with E-state index in [0.717, 1.165) is 50.4 Å². The molecule has 0 radical (unpaired) electrons. The number of rotatable bonds is 13. The molecule has 2 N–H and O–H groups in total. The summed E-state index contributed by atoms with van der Waals surface area (Å²) in [6.07, 6.45) is 5.01. The second-order valence-electron chi connectivity index (χ2n) is 6.51. The number of hydrogen-bond donors (Lipinski definition) is 2. The predicted octanol–water partition coefficient (Wildman–Crippen LogP) is 3.17. The number of fused-ring (bicyclic) bond motifs is 1. The minimum Gasteiger partial charge on any atom is -0.379 e. The van der Waals surface area contributed by atoms with E-state index in [-0.39, 0.29) is 0 Å². The highest BCUT2D eigenvalue weighted by Crippen LogP contribution is 2.15. The summed E-state index contributed by atoms with van der Waals surface area (Å²) in [5, 5.41) is 7.84. The van der Waals surface area contributed by atoms with Gasteiger partial charge < -0.3 is 20.1 Å². The van der Waals surface area contributed by atoms with Crippen molar-refractivity contribution in [1.82, 2.24) is 15.6 Å². The van der Waals surface area contributed by atoms with E-state index in [1.807, 2.05) is 12.3 Å². The van der Waals surface area contributed by atoms with E-state index in [9.17, 15) is 0 Å². The fourth-order valence-corrected chi connectivity index (χ4v) is 2.82. The zero-order valence-electron chi connectivity index (χ0n) is 17.2. The molecule has 28 heavy (non-hydrogen) atoms. The van der Waals surface area contributed by atoms with Crippen molar-refractivity contribution in [3.63, 3.8) is 0 Å². The maximum Gasteiger partial charge on any atom is 0.191 e. The minimum atomic E-state index is 0.598. The third-order valence-electron chi connectivity index (χ3n) is 4.27. The summed E-state index contributed by atoms with van der Waals surface area (Å²) >= 11 is 0. The van der Waals surface area contributed by atoms with Gasteiger partial charge in [-0.1, -0.05) is 37.6 Å². The zero-order chi connectivity index (χ0) is 19.9. The Morgan fingerprint density at radius 2 is 1.82 bits per heavy atom. The van der Waals surface area contributed by atoms with E-state index in [2.05, 4.69) is 58.7 Å². The van der Waals surface area contributed by atoms with Crippen molar-refractivity contribution in [1.29, 1.82) is 0 Å². The minimum absolute atomic E-state index is 0.598. The van der Waals surface area contributed by atoms with Gasteiger partial charge in [-0.25, -0.2) is 0 Å². The van der Waals surface area contributed by atoms with Crippen LogP contribution in [0.3, 0.4) is 0 Å². The molecule has 1 aromatic carbocycles. The molecule has 0 aliphatic heterocycles. The number of para-hydroxylation sites is 1. The van der Waals surface area contributed by atoms with Gasteiger partial charge in [-0.2, -0.15) is 0 Å². The maximum atomic E-state index is 5.57. The lowest BCUT2D eigenvalue weighted by Gasteiger charge is -2.12. The standard InChI is InChI=1S/C22H34N4O2/c1-3-5-15-27-17-18-28-16-14-26-22(23-4-2)25-13-11-20-9-6-8-19-10-7-12-24-21(19)20/h6-10,12H,3-5,11,13-18H2,1-2H3,(H2,23,25,26). The van der Waals surface area contributed by atoms with Gasteiger partial charge >= 0.3 is 0 Å². The molecule has 0 amide bonds. The fraction of sp³-hybridized carbons (Fsp3) is 0.545. The number of aromatic nitrogens is 1. The molecule has 0 spiro atoms. The maximum absolute atomic E-state index is 5.57. The van der Waals surface area contributed by atoms with Crippen LogP contribution >= 0.6 is 0 Å². The quantitative estimate of drug-likeness (QED) is 0.314. The lowest BCUT2D eigenvalue weighted by atomic mass is 10.1. The largest absolute Gasteiger partial charge is 0.379 e. The summed E-state index contributed by atoms with van der Waals surface area (Å²) in [7, 11) is 0. The Labute approximate surface area is 168 Å². The number of hydrogen-bond acceptors (Lipinski definition) is 4. The van der Waals surface area contributed by atoms with Gasteiger partial charge in [-0.05, 0) is 31.4 Å². The highest BCUT2D eigenvalue weighted by Gasteiger charge is 2.03. The molecule has 6 heteroatoms. The number of unbranched alkanes of at least 4 members (excludes halogenated alkanes) is 1. The fourth-order valence-electron chi connectivity index (χ4n) is 2.82. The normalized spacial score (nSPS) is 11.7. The Bertz CT molecular complexity index is 701. The number of nitrogens with one attached hydrogen (secondary N) is 2. The number of ether oxygens (including phenoxy) is 2. The lowest BCUT2D eigenvalue weighted by Crippen LogP contribution is -2.38. The van der Waals surface area contributed by atoms with Crippen LogP contribution in [-0.4, -0.2) is 57.0 Å². The van der Waals surface area contributed by atoms with Gasteiger partial charge in [-0.15, -0.1) is 0 Å². The monoisotopic (exact) mass is 386 g/mol. The van der Waals surface area contributed by atoms with Crippen LogP contribution in [0.25, 0.3) is 10.9 Å². The second-order valence-corrected chi connectivity index (χ2v) is 6.51. The molecule has 6 nitrogen and oxygen atoms in total. The smallest absolute Gasteiger partial charge is 0.191 e. The molecule has 0 fully saturated rings. The van der Waals surface area contributed by atoms with E-state index in [1.165, 1.54) is 10.9 Å². The Balaban J connectivity index is 1.69. The summed E-state index contributed by atoms with van der Waals surface area (Å²) in [6.45, 7) is 9.17. The molecular formula is C22H34N4O2. The highest BCUT2D eigenvalue weighted by molar-refractivity contribution is 5.82. The number of aliphatic imine (C=N–C) groups is 1. The molecule has 0 bridgehead atoms. The molecule has 154 valence electrons. The first-order valence-corrected chi connectivity index (χ1v) is 10.4. The average Bonchev–Trinajstić information content (AvgIpc) is 2.72. The van der Waals surface area contributed by atoms with Gasteiger partial charge in [0, 0.05) is 31.3 Å². The Hall–Kier alpha value is -2.18. The molecule has 2 aromatic rings. The molecular weight excluding hydrogens is 352 g/mol. The first-order valence-electron chi connectivity index (χ1n) is 10.4. The Kier molecular flexibility index (Phi) is 11.0. The molecule has 0 unspecified atom stereocenters. The van der Waals surface area contributed by atoms with Gasteiger partial charge in [0.05, 0.1) is 31.9 Å². The molecule has 1 aromatic heterocycles. The number of guanidine groups is 1. The number of nitrogens with zero attached hydrogens (tertiary/aromatic N) is 2. The van der Waals surface area contributed by atoms with E-state index in [4.69, 9.17) is 9.47 Å². The van der Waals surface area contributed by atoms with E-state index < -0.39 is 0 Å². The molecule has 0 atom stereocenters. The van der Waals surface area contributed by atoms with Gasteiger partial charge in [0.2, 0.25) is 0 Å². The Morgan fingerprint density at radius 1 is 1.00 bits per heavy atom. The first-order chi connectivity index (χ1) is 13.8. The van der Waals surface area contributed by atoms with Crippen LogP contribution < -0.4 is 10.6 Å². The molecule has 0 aliphatic carbocycles. The topological polar surface area (TPSA) is 67.8 Å². The van der Waals surface area contributed by atoms with Crippen LogP contribution in [0, 0.1) is 0 Å². The van der Waals surface area contributed by atoms with Crippen molar-refractivity contribution in [3.8, 4) is 0 Å². The van der Waals surface area contributed by atoms with Gasteiger partial charge in [0.25, 0.3) is 0 Å². The molecule has 0 saturated heterocycles. The predicted molar refractivity (Wildman–Crippen MR) is 116 cm³/mol. The van der Waals surface area contributed by atoms with E-state index in [1.54, 1.807) is 0 Å². The van der Waals surface area contributed by atoms with E-state index >= 15 is 0 Å². The lowest BCUT2D eigenvalue weighted by molar-refractivity contribution is 0.0497. The van der Waals surface area contributed by atoms with Crippen LogP contribution in [0.2, 0.25) is 0 Å². The van der Waals surface area contributed by atoms with Crippen LogP contribution in [-0.2, 0) is 15.9 Å². The molecule has 0 aliphatic rings. The highest BCUT2D eigenvalue weighted by atomic mass is 16.5. The third-order valence-corrected chi connectivity index (χ3v) is 4.27. The van der Waals surface area contributed by atoms with Crippen LogP contribution in [0.15, 0.2) is 41.5 Å². The van der Waals surface area contributed by atoms with Gasteiger partial charge in [-0.3, -0.25) is 9.98 Å². The Morgan fingerprint density at radius 3 is 2.64 bits per heavy atom. The molecule has 1 heterocycles. The SMILES string of the molecule is CCCCOCCOCCN=C(NCC)NCCc1cccc2cccnc12. The van der Waals surface area contributed by atoms with Crippen LogP contribution in [0.5, 0.6) is 0 Å². The van der Waals surface area contributed by atoms with Crippen molar-refractivity contribution < 1.29 is 9.47 Å². The number of pyridine rings is 1. The third kappa shape index (κ3) is 8.23. The van der Waals surface area contributed by atoms with Crippen molar-refractivity contribution in [3.05, 3.63) is 42.1 Å². The second kappa shape index (κ2) is 13.9. The number of benzene rings is 1. The summed E-state index contributed by atoms with van der Waals surface area (Å²) in [4.78, 5) is 9.08. The summed E-state index contributed by atoms with van der Waals surface area (Å²) < 4.78 is 11.0.